The summed E-state index contributed by atoms with van der Waals surface area (Å²) in [6, 6.07) is 7.08. The molecular weight excluding hydrogens is 386 g/mol. The lowest BCUT2D eigenvalue weighted by molar-refractivity contribution is -0.132. The minimum Gasteiger partial charge on any atom is -0.339 e. The number of carbonyl (C=O) groups is 1. The van der Waals surface area contributed by atoms with E-state index in [-0.39, 0.29) is 18.5 Å². The monoisotopic (exact) mass is 421 g/mol. The van der Waals surface area contributed by atoms with E-state index in [0.717, 1.165) is 57.2 Å². The van der Waals surface area contributed by atoms with Crippen LogP contribution in [0.25, 0.3) is 0 Å². The van der Waals surface area contributed by atoms with Crippen LogP contribution in [0.2, 0.25) is 0 Å². The fourth-order valence-corrected chi connectivity index (χ4v) is 5.90. The number of carbonyl (C=O) groups excluding carboxylic acids is 1. The zero-order valence-electron chi connectivity index (χ0n) is 17.8. The van der Waals surface area contributed by atoms with Gasteiger partial charge in [-0.05, 0) is 36.5 Å². The van der Waals surface area contributed by atoms with Gasteiger partial charge in [-0.1, -0.05) is 51.7 Å². The topological polar surface area (TPSA) is 69.7 Å². The summed E-state index contributed by atoms with van der Waals surface area (Å²) in [6.07, 6.45) is 5.98. The van der Waals surface area contributed by atoms with E-state index in [4.69, 9.17) is 0 Å². The van der Waals surface area contributed by atoms with Crippen LogP contribution in [0.15, 0.2) is 29.2 Å². The Labute approximate surface area is 175 Å². The maximum atomic E-state index is 13.6. The van der Waals surface area contributed by atoms with Gasteiger partial charge in [-0.2, -0.15) is 4.31 Å². The van der Waals surface area contributed by atoms with Gasteiger partial charge in [0.15, 0.2) is 0 Å². The molecule has 3 rings (SSSR count). The lowest BCUT2D eigenvalue weighted by Gasteiger charge is -2.33. The fraction of sp³-hybridized carbons (Fsp3) is 0.682. The van der Waals surface area contributed by atoms with Crippen molar-refractivity contribution in [1.82, 2.24) is 14.5 Å². The Morgan fingerprint density at radius 3 is 2.21 bits per heavy atom. The molecule has 0 spiro atoms. The van der Waals surface area contributed by atoms with Crippen LogP contribution in [0, 0.1) is 0 Å². The van der Waals surface area contributed by atoms with E-state index in [1.165, 1.54) is 4.31 Å². The largest absolute Gasteiger partial charge is 0.339 e. The number of nitrogens with zero attached hydrogens (tertiary/aromatic N) is 2. The second-order valence-corrected chi connectivity index (χ2v) is 10.4. The zero-order chi connectivity index (χ0) is 20.9. The molecule has 0 unspecified atom stereocenters. The highest BCUT2D eigenvalue weighted by Crippen LogP contribution is 2.28. The van der Waals surface area contributed by atoms with Crippen molar-refractivity contribution in [1.29, 1.82) is 0 Å². The normalized spacial score (nSPS) is 19.5. The van der Waals surface area contributed by atoms with Gasteiger partial charge in [-0.15, -0.1) is 0 Å². The molecule has 162 valence electrons. The number of hydrogen-bond acceptors (Lipinski definition) is 4. The maximum Gasteiger partial charge on any atom is 0.243 e. The molecule has 1 aliphatic carbocycles. The SMILES string of the molecule is CC(C)c1ccc(S(=O)(=O)N(CC(=O)N2CCNCC2)C2CCCCCC2)cc1. The van der Waals surface area contributed by atoms with Crippen molar-refractivity contribution in [2.24, 2.45) is 0 Å². The van der Waals surface area contributed by atoms with Crippen LogP contribution in [0.4, 0.5) is 0 Å². The summed E-state index contributed by atoms with van der Waals surface area (Å²) in [5.41, 5.74) is 1.11. The van der Waals surface area contributed by atoms with Crippen molar-refractivity contribution in [2.45, 2.75) is 69.2 Å². The van der Waals surface area contributed by atoms with E-state index in [2.05, 4.69) is 19.2 Å². The van der Waals surface area contributed by atoms with Gasteiger partial charge >= 0.3 is 0 Å². The predicted molar refractivity (Wildman–Crippen MR) is 115 cm³/mol. The summed E-state index contributed by atoms with van der Waals surface area (Å²) in [5.74, 6) is 0.261. The number of piperazine rings is 1. The second-order valence-electron chi connectivity index (χ2n) is 8.55. The van der Waals surface area contributed by atoms with Gasteiger partial charge in [0.2, 0.25) is 15.9 Å². The van der Waals surface area contributed by atoms with Crippen molar-refractivity contribution in [3.8, 4) is 0 Å². The molecule has 0 bridgehead atoms. The standard InChI is InChI=1S/C22H35N3O3S/c1-18(2)19-9-11-21(12-10-19)29(27,28)25(20-7-5-3-4-6-8-20)17-22(26)24-15-13-23-14-16-24/h9-12,18,20,23H,3-8,13-17H2,1-2H3. The van der Waals surface area contributed by atoms with Crippen molar-refractivity contribution in [2.75, 3.05) is 32.7 Å². The van der Waals surface area contributed by atoms with Crippen LogP contribution in [-0.2, 0) is 14.8 Å². The van der Waals surface area contributed by atoms with Gasteiger partial charge in [0.25, 0.3) is 0 Å². The van der Waals surface area contributed by atoms with E-state index in [9.17, 15) is 13.2 Å². The minimum absolute atomic E-state index is 0.0566. The third-order valence-electron chi connectivity index (χ3n) is 6.15. The molecule has 1 heterocycles. The second kappa shape index (κ2) is 10.0. The summed E-state index contributed by atoms with van der Waals surface area (Å²) in [4.78, 5) is 15.0. The Kier molecular flexibility index (Phi) is 7.71. The van der Waals surface area contributed by atoms with Crippen molar-refractivity contribution in [3.05, 3.63) is 29.8 Å². The van der Waals surface area contributed by atoms with Crippen molar-refractivity contribution < 1.29 is 13.2 Å². The van der Waals surface area contributed by atoms with Gasteiger partial charge in [-0.25, -0.2) is 8.42 Å². The number of hydrogen-bond donors (Lipinski definition) is 1. The van der Waals surface area contributed by atoms with Crippen LogP contribution in [0.3, 0.4) is 0 Å². The average molecular weight is 422 g/mol. The Bertz CT molecular complexity index is 763. The lowest BCUT2D eigenvalue weighted by atomic mass is 10.0. The fourth-order valence-electron chi connectivity index (χ4n) is 4.26. The highest BCUT2D eigenvalue weighted by atomic mass is 32.2. The molecule has 2 aliphatic rings. The molecule has 0 atom stereocenters. The van der Waals surface area contributed by atoms with Gasteiger partial charge in [-0.3, -0.25) is 4.79 Å². The molecule has 2 fully saturated rings. The molecule has 1 aromatic rings. The first kappa shape index (κ1) is 22.2. The van der Waals surface area contributed by atoms with Crippen LogP contribution < -0.4 is 5.32 Å². The number of benzene rings is 1. The zero-order valence-corrected chi connectivity index (χ0v) is 18.6. The Morgan fingerprint density at radius 1 is 1.07 bits per heavy atom. The lowest BCUT2D eigenvalue weighted by Crippen LogP contribution is -2.52. The van der Waals surface area contributed by atoms with Crippen LogP contribution in [-0.4, -0.2) is 62.3 Å². The molecule has 1 aromatic carbocycles. The van der Waals surface area contributed by atoms with E-state index < -0.39 is 10.0 Å². The number of amides is 1. The first-order valence-electron chi connectivity index (χ1n) is 11.0. The van der Waals surface area contributed by atoms with Gasteiger partial charge < -0.3 is 10.2 Å². The Hall–Kier alpha value is -1.44. The molecule has 1 saturated heterocycles. The van der Waals surface area contributed by atoms with Crippen LogP contribution in [0.1, 0.15) is 63.9 Å². The van der Waals surface area contributed by atoms with Crippen molar-refractivity contribution >= 4 is 15.9 Å². The molecule has 6 nitrogen and oxygen atoms in total. The molecule has 1 amide bonds. The molecule has 1 aliphatic heterocycles. The minimum atomic E-state index is -3.72. The summed E-state index contributed by atoms with van der Waals surface area (Å²) in [5, 5.41) is 3.24. The number of sulfonamides is 1. The summed E-state index contributed by atoms with van der Waals surface area (Å²) >= 11 is 0. The summed E-state index contributed by atoms with van der Waals surface area (Å²) in [6.45, 7) is 6.93. The van der Waals surface area contributed by atoms with Gasteiger partial charge in [0.05, 0.1) is 11.4 Å². The maximum absolute atomic E-state index is 13.6. The third kappa shape index (κ3) is 5.58. The van der Waals surface area contributed by atoms with Gasteiger partial charge in [0, 0.05) is 32.2 Å². The molecular formula is C22H35N3O3S. The first-order chi connectivity index (χ1) is 13.9. The molecule has 0 aromatic heterocycles. The predicted octanol–water partition coefficient (Wildman–Crippen LogP) is 2.96. The van der Waals surface area contributed by atoms with Gasteiger partial charge in [0.1, 0.15) is 0 Å². The number of nitrogens with one attached hydrogen (secondary N) is 1. The van der Waals surface area contributed by atoms with E-state index in [1.54, 1.807) is 17.0 Å². The summed E-state index contributed by atoms with van der Waals surface area (Å²) < 4.78 is 28.7. The first-order valence-corrected chi connectivity index (χ1v) is 12.4. The van der Waals surface area contributed by atoms with E-state index in [1.807, 2.05) is 12.1 Å². The van der Waals surface area contributed by atoms with E-state index >= 15 is 0 Å². The Morgan fingerprint density at radius 2 is 1.66 bits per heavy atom. The quantitative estimate of drug-likeness (QED) is 0.717. The molecule has 1 N–H and O–H groups in total. The number of rotatable bonds is 6. The van der Waals surface area contributed by atoms with Crippen LogP contribution in [0.5, 0.6) is 0 Å². The van der Waals surface area contributed by atoms with Crippen molar-refractivity contribution in [3.63, 3.8) is 0 Å². The molecule has 1 saturated carbocycles. The van der Waals surface area contributed by atoms with Crippen LogP contribution >= 0.6 is 0 Å². The van der Waals surface area contributed by atoms with E-state index in [0.29, 0.717) is 23.9 Å². The molecule has 29 heavy (non-hydrogen) atoms. The molecule has 7 heteroatoms. The smallest absolute Gasteiger partial charge is 0.243 e. The highest BCUT2D eigenvalue weighted by Gasteiger charge is 2.34. The third-order valence-corrected chi connectivity index (χ3v) is 8.06. The average Bonchev–Trinajstić information content (AvgIpc) is 3.01. The summed E-state index contributed by atoms with van der Waals surface area (Å²) in [7, 11) is -3.72. The Balaban J connectivity index is 1.86. The highest BCUT2D eigenvalue weighted by molar-refractivity contribution is 7.89. The molecule has 0 radical (unpaired) electrons.